The van der Waals surface area contributed by atoms with Gasteiger partial charge in [0.2, 0.25) is 5.95 Å². The fraction of sp³-hybridized carbons (Fsp3) is 0.222. The lowest BCUT2D eigenvalue weighted by Crippen LogP contribution is -2.30. The maximum absolute atomic E-state index is 13.4. The van der Waals surface area contributed by atoms with Crippen molar-refractivity contribution in [2.45, 2.75) is 25.9 Å². The van der Waals surface area contributed by atoms with Crippen molar-refractivity contribution in [2.24, 2.45) is 0 Å². The predicted octanol–water partition coefficient (Wildman–Crippen LogP) is 5.18. The molecule has 0 atom stereocenters. The molecule has 6 heteroatoms. The first-order chi connectivity index (χ1) is 16.3. The standard InChI is InChI=1S/C27H26N4O2/c32-26(31(20-24-9-6-18-33-24)19-21-7-2-1-3-8-21)23-12-10-22(11-13-23)25-14-15-28-27(29-25)30-16-4-5-17-30/h1-3,6-15,18H,4-5,16-17,19-20H2. The van der Waals surface area contributed by atoms with Crippen molar-refractivity contribution < 1.29 is 9.21 Å². The zero-order chi connectivity index (χ0) is 22.5. The third kappa shape index (κ3) is 4.95. The Morgan fingerprint density at radius 2 is 1.70 bits per heavy atom. The van der Waals surface area contributed by atoms with Crippen molar-refractivity contribution in [1.29, 1.82) is 0 Å². The van der Waals surface area contributed by atoms with Crippen molar-refractivity contribution >= 4 is 11.9 Å². The Labute approximate surface area is 193 Å². The Morgan fingerprint density at radius 1 is 0.909 bits per heavy atom. The summed E-state index contributed by atoms with van der Waals surface area (Å²) in [5.41, 5.74) is 3.54. The van der Waals surface area contributed by atoms with E-state index in [0.717, 1.165) is 41.6 Å². The Morgan fingerprint density at radius 3 is 2.42 bits per heavy atom. The summed E-state index contributed by atoms with van der Waals surface area (Å²) in [5.74, 6) is 1.49. The summed E-state index contributed by atoms with van der Waals surface area (Å²) < 4.78 is 5.51. The normalized spacial score (nSPS) is 13.3. The van der Waals surface area contributed by atoms with E-state index >= 15 is 0 Å². The minimum atomic E-state index is -0.0396. The van der Waals surface area contributed by atoms with Crippen molar-refractivity contribution in [2.75, 3.05) is 18.0 Å². The van der Waals surface area contributed by atoms with E-state index < -0.39 is 0 Å². The average molecular weight is 439 g/mol. The lowest BCUT2D eigenvalue weighted by molar-refractivity contribution is 0.0717. The summed E-state index contributed by atoms with van der Waals surface area (Å²) in [5, 5.41) is 0. The molecule has 3 heterocycles. The zero-order valence-corrected chi connectivity index (χ0v) is 18.4. The average Bonchev–Trinajstić information content (AvgIpc) is 3.59. The molecule has 1 aliphatic heterocycles. The number of amides is 1. The number of furan rings is 1. The van der Waals surface area contributed by atoms with Gasteiger partial charge in [0.1, 0.15) is 5.76 Å². The summed E-state index contributed by atoms with van der Waals surface area (Å²) in [6.07, 6.45) is 5.80. The van der Waals surface area contributed by atoms with Gasteiger partial charge in [-0.25, -0.2) is 9.97 Å². The number of carbonyl (C=O) groups excluding carboxylic acids is 1. The fourth-order valence-corrected chi connectivity index (χ4v) is 4.14. The molecule has 0 unspecified atom stereocenters. The largest absolute Gasteiger partial charge is 0.467 e. The van der Waals surface area contributed by atoms with E-state index in [9.17, 15) is 4.79 Å². The first-order valence-electron chi connectivity index (χ1n) is 11.3. The second-order valence-corrected chi connectivity index (χ2v) is 8.24. The number of hydrogen-bond donors (Lipinski definition) is 0. The van der Waals surface area contributed by atoms with Crippen LogP contribution in [-0.2, 0) is 13.1 Å². The van der Waals surface area contributed by atoms with Gasteiger partial charge in [-0.05, 0) is 48.7 Å². The molecule has 1 fully saturated rings. The molecule has 166 valence electrons. The van der Waals surface area contributed by atoms with Gasteiger partial charge in [0.05, 0.1) is 18.5 Å². The summed E-state index contributed by atoms with van der Waals surface area (Å²) in [7, 11) is 0. The quantitative estimate of drug-likeness (QED) is 0.398. The second-order valence-electron chi connectivity index (χ2n) is 8.24. The second kappa shape index (κ2) is 9.69. The molecular formula is C27H26N4O2. The molecule has 5 rings (SSSR count). The Bertz CT molecular complexity index is 1180. The Hall–Kier alpha value is -3.93. The van der Waals surface area contributed by atoms with Crippen molar-refractivity contribution in [3.05, 3.63) is 102 Å². The molecule has 1 aliphatic rings. The maximum atomic E-state index is 13.4. The third-order valence-electron chi connectivity index (χ3n) is 5.89. The molecule has 6 nitrogen and oxygen atoms in total. The van der Waals surface area contributed by atoms with Crippen LogP contribution in [0, 0.1) is 0 Å². The van der Waals surface area contributed by atoms with E-state index in [1.54, 1.807) is 17.4 Å². The maximum Gasteiger partial charge on any atom is 0.254 e. The Kier molecular flexibility index (Phi) is 6.15. The molecule has 0 aliphatic carbocycles. The van der Waals surface area contributed by atoms with Gasteiger partial charge in [0.15, 0.2) is 0 Å². The number of aromatic nitrogens is 2. The molecule has 1 saturated heterocycles. The molecule has 0 bridgehead atoms. The van der Waals surface area contributed by atoms with E-state index in [2.05, 4.69) is 9.88 Å². The van der Waals surface area contributed by atoms with Gasteiger partial charge in [0.25, 0.3) is 5.91 Å². The van der Waals surface area contributed by atoms with E-state index in [1.807, 2.05) is 72.8 Å². The highest BCUT2D eigenvalue weighted by atomic mass is 16.3. The first-order valence-corrected chi connectivity index (χ1v) is 11.3. The van der Waals surface area contributed by atoms with Crippen molar-refractivity contribution in [1.82, 2.24) is 14.9 Å². The number of hydrogen-bond acceptors (Lipinski definition) is 5. The summed E-state index contributed by atoms with van der Waals surface area (Å²) in [6, 6.07) is 23.3. The molecule has 33 heavy (non-hydrogen) atoms. The van der Waals surface area contributed by atoms with E-state index in [4.69, 9.17) is 9.40 Å². The van der Waals surface area contributed by atoms with Crippen LogP contribution in [0.15, 0.2) is 89.7 Å². The van der Waals surface area contributed by atoms with Crippen LogP contribution in [0.1, 0.15) is 34.5 Å². The number of nitrogens with zero attached hydrogens (tertiary/aromatic N) is 4. The molecular weight excluding hydrogens is 412 g/mol. The smallest absolute Gasteiger partial charge is 0.254 e. The highest BCUT2D eigenvalue weighted by Crippen LogP contribution is 2.23. The monoisotopic (exact) mass is 438 g/mol. The summed E-state index contributed by atoms with van der Waals surface area (Å²) >= 11 is 0. The zero-order valence-electron chi connectivity index (χ0n) is 18.4. The number of rotatable bonds is 7. The summed E-state index contributed by atoms with van der Waals surface area (Å²) in [6.45, 7) is 2.93. The van der Waals surface area contributed by atoms with Crippen LogP contribution in [0.3, 0.4) is 0 Å². The molecule has 0 radical (unpaired) electrons. The highest BCUT2D eigenvalue weighted by Gasteiger charge is 2.19. The lowest BCUT2D eigenvalue weighted by atomic mass is 10.1. The first kappa shape index (κ1) is 20.9. The minimum absolute atomic E-state index is 0.0396. The van der Waals surface area contributed by atoms with Gasteiger partial charge < -0.3 is 14.2 Å². The van der Waals surface area contributed by atoms with Gasteiger partial charge in [0, 0.05) is 37.0 Å². The lowest BCUT2D eigenvalue weighted by Gasteiger charge is -2.22. The molecule has 4 aromatic rings. The molecule has 0 saturated carbocycles. The van der Waals surface area contributed by atoms with Gasteiger partial charge in [-0.1, -0.05) is 42.5 Å². The topological polar surface area (TPSA) is 62.5 Å². The summed E-state index contributed by atoms with van der Waals surface area (Å²) in [4.78, 5) is 26.6. The molecule has 2 aromatic heterocycles. The Balaban J connectivity index is 1.36. The van der Waals surface area contributed by atoms with Crippen LogP contribution in [0.4, 0.5) is 5.95 Å². The van der Waals surface area contributed by atoms with Crippen LogP contribution >= 0.6 is 0 Å². The predicted molar refractivity (Wildman–Crippen MR) is 128 cm³/mol. The molecule has 2 aromatic carbocycles. The molecule has 0 spiro atoms. The van der Waals surface area contributed by atoms with Crippen LogP contribution in [-0.4, -0.2) is 33.9 Å². The van der Waals surface area contributed by atoms with Gasteiger partial charge in [-0.15, -0.1) is 0 Å². The molecule has 0 N–H and O–H groups in total. The molecule has 1 amide bonds. The van der Waals surface area contributed by atoms with Crippen LogP contribution in [0.25, 0.3) is 11.3 Å². The number of benzene rings is 2. The van der Waals surface area contributed by atoms with Gasteiger partial charge >= 0.3 is 0 Å². The SMILES string of the molecule is O=C(c1ccc(-c2ccnc(N3CCCC3)n2)cc1)N(Cc1ccccc1)Cc1ccco1. The number of carbonyl (C=O) groups is 1. The van der Waals surface area contributed by atoms with E-state index in [1.165, 1.54) is 12.8 Å². The highest BCUT2D eigenvalue weighted by molar-refractivity contribution is 5.94. The van der Waals surface area contributed by atoms with Crippen LogP contribution < -0.4 is 4.90 Å². The minimum Gasteiger partial charge on any atom is -0.467 e. The van der Waals surface area contributed by atoms with Gasteiger partial charge in [-0.2, -0.15) is 0 Å². The van der Waals surface area contributed by atoms with Gasteiger partial charge in [-0.3, -0.25) is 4.79 Å². The van der Waals surface area contributed by atoms with E-state index in [-0.39, 0.29) is 5.91 Å². The van der Waals surface area contributed by atoms with E-state index in [0.29, 0.717) is 18.7 Å². The van der Waals surface area contributed by atoms with Crippen molar-refractivity contribution in [3.8, 4) is 11.3 Å². The van der Waals surface area contributed by atoms with Crippen LogP contribution in [0.2, 0.25) is 0 Å². The fourth-order valence-electron chi connectivity index (χ4n) is 4.14. The van der Waals surface area contributed by atoms with Crippen molar-refractivity contribution in [3.63, 3.8) is 0 Å². The number of anilines is 1. The third-order valence-corrected chi connectivity index (χ3v) is 5.89. The van der Waals surface area contributed by atoms with Crippen LogP contribution in [0.5, 0.6) is 0 Å².